The van der Waals surface area contributed by atoms with Crippen LogP contribution < -0.4 is 0 Å². The van der Waals surface area contributed by atoms with Crippen molar-refractivity contribution in [1.29, 1.82) is 0 Å². The van der Waals surface area contributed by atoms with Crippen LogP contribution in [0, 0.1) is 12.7 Å². The van der Waals surface area contributed by atoms with Crippen molar-refractivity contribution in [2.75, 3.05) is 0 Å². The van der Waals surface area contributed by atoms with Crippen LogP contribution in [-0.4, -0.2) is 15.3 Å². The van der Waals surface area contributed by atoms with Gasteiger partial charge in [-0.2, -0.15) is 0 Å². The van der Waals surface area contributed by atoms with Gasteiger partial charge in [-0.25, -0.2) is 4.39 Å². The van der Waals surface area contributed by atoms with Gasteiger partial charge < -0.3 is 5.11 Å². The quantitative estimate of drug-likeness (QED) is 0.930. The van der Waals surface area contributed by atoms with E-state index in [2.05, 4.69) is 10.2 Å². The second-order valence-corrected chi connectivity index (χ2v) is 6.02. The van der Waals surface area contributed by atoms with E-state index in [0.29, 0.717) is 5.56 Å². The molecule has 6 heteroatoms. The molecule has 0 fully saturated rings. The van der Waals surface area contributed by atoms with Crippen LogP contribution in [0.15, 0.2) is 27.4 Å². The predicted molar refractivity (Wildman–Crippen MR) is 65.8 cm³/mol. The second kappa shape index (κ2) is 5.12. The molecule has 0 radical (unpaired) electrons. The van der Waals surface area contributed by atoms with Crippen molar-refractivity contribution in [2.45, 2.75) is 29.2 Å². The lowest BCUT2D eigenvalue weighted by Crippen LogP contribution is -1.95. The van der Waals surface area contributed by atoms with E-state index in [1.807, 2.05) is 6.92 Å². The molecule has 2 rings (SSSR count). The summed E-state index contributed by atoms with van der Waals surface area (Å²) in [5.41, 5.74) is 0.572. The van der Waals surface area contributed by atoms with Gasteiger partial charge in [0.25, 0.3) is 0 Å². The van der Waals surface area contributed by atoms with Gasteiger partial charge in [-0.05, 0) is 37.6 Å². The van der Waals surface area contributed by atoms with E-state index in [1.54, 1.807) is 13.0 Å². The first-order valence-corrected chi connectivity index (χ1v) is 6.65. The number of aliphatic hydroxyl groups is 1. The van der Waals surface area contributed by atoms with Crippen molar-refractivity contribution in [1.82, 2.24) is 10.2 Å². The molecule has 1 N–H and O–H groups in total. The van der Waals surface area contributed by atoms with E-state index in [4.69, 9.17) is 0 Å². The Morgan fingerprint density at radius 2 is 2.18 bits per heavy atom. The zero-order chi connectivity index (χ0) is 12.4. The molecule has 1 aromatic heterocycles. The molecule has 0 aliphatic heterocycles. The maximum Gasteiger partial charge on any atom is 0.179 e. The molecule has 1 heterocycles. The Labute approximate surface area is 107 Å². The van der Waals surface area contributed by atoms with E-state index < -0.39 is 6.10 Å². The van der Waals surface area contributed by atoms with Crippen molar-refractivity contribution in [3.8, 4) is 0 Å². The van der Waals surface area contributed by atoms with Crippen LogP contribution in [-0.2, 0) is 0 Å². The Kier molecular flexibility index (Phi) is 3.76. The van der Waals surface area contributed by atoms with Crippen molar-refractivity contribution >= 4 is 23.1 Å². The van der Waals surface area contributed by atoms with Gasteiger partial charge in [0, 0.05) is 4.90 Å². The minimum absolute atomic E-state index is 0.348. The summed E-state index contributed by atoms with van der Waals surface area (Å²) >= 11 is 2.86. The highest BCUT2D eigenvalue weighted by atomic mass is 32.2. The van der Waals surface area contributed by atoms with E-state index >= 15 is 0 Å². The number of hydrogen-bond acceptors (Lipinski definition) is 5. The molecule has 0 saturated heterocycles. The molecule has 90 valence electrons. The van der Waals surface area contributed by atoms with Gasteiger partial charge in [-0.15, -0.1) is 10.2 Å². The van der Waals surface area contributed by atoms with Gasteiger partial charge in [-0.1, -0.05) is 23.1 Å². The smallest absolute Gasteiger partial charge is 0.179 e. The molecule has 0 aliphatic carbocycles. The van der Waals surface area contributed by atoms with E-state index in [0.717, 1.165) is 14.2 Å². The molecule has 0 aliphatic rings. The number of aryl methyl sites for hydroxylation is 1. The van der Waals surface area contributed by atoms with Gasteiger partial charge in [0.1, 0.15) is 10.8 Å². The number of aromatic nitrogens is 2. The predicted octanol–water partition coefficient (Wildman–Crippen LogP) is 3.19. The maximum atomic E-state index is 13.1. The molecular formula is C11H11FN2OS2. The van der Waals surface area contributed by atoms with Gasteiger partial charge in [0.05, 0.1) is 6.10 Å². The van der Waals surface area contributed by atoms with Gasteiger partial charge >= 0.3 is 0 Å². The molecule has 3 nitrogen and oxygen atoms in total. The maximum absolute atomic E-state index is 13.1. The minimum atomic E-state index is -0.706. The Morgan fingerprint density at radius 3 is 2.76 bits per heavy atom. The largest absolute Gasteiger partial charge is 0.389 e. The van der Waals surface area contributed by atoms with Crippen molar-refractivity contribution in [3.05, 3.63) is 34.6 Å². The number of rotatable bonds is 3. The average molecular weight is 270 g/mol. The monoisotopic (exact) mass is 270 g/mol. The molecule has 0 unspecified atom stereocenters. The zero-order valence-corrected chi connectivity index (χ0v) is 11.0. The SMILES string of the molecule is Cc1nnc(Sc2ccc(F)cc2[C@H](C)O)s1. The lowest BCUT2D eigenvalue weighted by molar-refractivity contribution is 0.196. The molecule has 1 atom stereocenters. The fourth-order valence-electron chi connectivity index (χ4n) is 1.35. The third kappa shape index (κ3) is 3.02. The Bertz CT molecular complexity index is 528. The van der Waals surface area contributed by atoms with Crippen molar-refractivity contribution < 1.29 is 9.50 Å². The normalized spacial score (nSPS) is 12.7. The van der Waals surface area contributed by atoms with Crippen LogP contribution in [0.5, 0.6) is 0 Å². The van der Waals surface area contributed by atoms with Crippen LogP contribution in [0.4, 0.5) is 4.39 Å². The van der Waals surface area contributed by atoms with Crippen LogP contribution in [0.1, 0.15) is 23.6 Å². The minimum Gasteiger partial charge on any atom is -0.389 e. The number of halogens is 1. The number of aliphatic hydroxyl groups excluding tert-OH is 1. The molecule has 1 aromatic carbocycles. The highest BCUT2D eigenvalue weighted by Crippen LogP contribution is 2.35. The second-order valence-electron chi connectivity index (χ2n) is 3.55. The van der Waals surface area contributed by atoms with E-state index in [1.165, 1.54) is 35.2 Å². The fraction of sp³-hybridized carbons (Fsp3) is 0.273. The third-order valence-corrected chi connectivity index (χ3v) is 4.11. The zero-order valence-electron chi connectivity index (χ0n) is 9.35. The standard InChI is InChI=1S/C11H11FN2OS2/c1-6(15)9-5-8(12)3-4-10(9)17-11-14-13-7(2)16-11/h3-6,15H,1-2H3/t6-/m0/s1. The summed E-state index contributed by atoms with van der Waals surface area (Å²) in [4.78, 5) is 0.803. The molecule has 0 spiro atoms. The number of hydrogen-bond donors (Lipinski definition) is 1. The fourth-order valence-corrected chi connectivity index (χ4v) is 3.32. The summed E-state index contributed by atoms with van der Waals surface area (Å²) in [6.07, 6.45) is -0.706. The summed E-state index contributed by atoms with van der Waals surface area (Å²) < 4.78 is 13.9. The van der Waals surface area contributed by atoms with Crippen LogP contribution in [0.2, 0.25) is 0 Å². The summed E-state index contributed by atoms with van der Waals surface area (Å²) in [5.74, 6) is -0.348. The number of nitrogens with zero attached hydrogens (tertiary/aromatic N) is 2. The summed E-state index contributed by atoms with van der Waals surface area (Å²) in [6, 6.07) is 4.38. The summed E-state index contributed by atoms with van der Waals surface area (Å²) in [6.45, 7) is 3.49. The third-order valence-electron chi connectivity index (χ3n) is 2.13. The van der Waals surface area contributed by atoms with Gasteiger partial charge in [0.2, 0.25) is 0 Å². The van der Waals surface area contributed by atoms with Crippen molar-refractivity contribution in [3.63, 3.8) is 0 Å². The highest BCUT2D eigenvalue weighted by Gasteiger charge is 2.12. The van der Waals surface area contributed by atoms with E-state index in [9.17, 15) is 9.50 Å². The number of benzene rings is 1. The molecule has 0 bridgehead atoms. The molecule has 2 aromatic rings. The average Bonchev–Trinajstić information content (AvgIpc) is 2.66. The summed E-state index contributed by atoms with van der Waals surface area (Å²) in [5, 5.41) is 18.4. The Balaban J connectivity index is 2.32. The van der Waals surface area contributed by atoms with Gasteiger partial charge in [0.15, 0.2) is 4.34 Å². The lowest BCUT2D eigenvalue weighted by Gasteiger charge is -2.10. The molecule has 0 amide bonds. The lowest BCUT2D eigenvalue weighted by atomic mass is 10.1. The Morgan fingerprint density at radius 1 is 1.41 bits per heavy atom. The summed E-state index contributed by atoms with van der Waals surface area (Å²) in [7, 11) is 0. The van der Waals surface area contributed by atoms with Crippen LogP contribution >= 0.6 is 23.1 Å². The molecule has 0 saturated carbocycles. The van der Waals surface area contributed by atoms with Crippen LogP contribution in [0.3, 0.4) is 0 Å². The van der Waals surface area contributed by atoms with E-state index in [-0.39, 0.29) is 5.82 Å². The highest BCUT2D eigenvalue weighted by molar-refractivity contribution is 8.01. The van der Waals surface area contributed by atoms with Gasteiger partial charge in [-0.3, -0.25) is 0 Å². The first-order chi connectivity index (χ1) is 8.06. The van der Waals surface area contributed by atoms with Crippen LogP contribution in [0.25, 0.3) is 0 Å². The van der Waals surface area contributed by atoms with Crippen molar-refractivity contribution in [2.24, 2.45) is 0 Å². The molecule has 17 heavy (non-hydrogen) atoms. The first-order valence-electron chi connectivity index (χ1n) is 5.01. The first kappa shape index (κ1) is 12.5. The molecular weight excluding hydrogens is 259 g/mol. The topological polar surface area (TPSA) is 46.0 Å². The Hall–Kier alpha value is -0.980.